The van der Waals surface area contributed by atoms with Crippen LogP contribution in [0.15, 0.2) is 30.5 Å². The van der Waals surface area contributed by atoms with Gasteiger partial charge in [-0.25, -0.2) is 0 Å². The average molecular weight is 414 g/mol. The highest BCUT2D eigenvalue weighted by Gasteiger charge is 2.41. The number of alkyl halides is 3. The lowest BCUT2D eigenvalue weighted by atomic mass is 9.83. The van der Waals surface area contributed by atoms with Crippen LogP contribution in [-0.2, 0) is 13.1 Å². The summed E-state index contributed by atoms with van der Waals surface area (Å²) in [5.74, 6) is -0.571. The molecule has 3 rings (SSSR count). The van der Waals surface area contributed by atoms with Crippen molar-refractivity contribution in [2.75, 3.05) is 0 Å². The number of fused-ring (bicyclic) bond motifs is 1. The van der Waals surface area contributed by atoms with Crippen LogP contribution in [0.1, 0.15) is 26.3 Å². The van der Waals surface area contributed by atoms with E-state index in [1.807, 2.05) is 20.8 Å². The second kappa shape index (κ2) is 7.54. The van der Waals surface area contributed by atoms with E-state index in [1.54, 1.807) is 4.57 Å². The van der Waals surface area contributed by atoms with Gasteiger partial charge in [0, 0.05) is 23.5 Å². The summed E-state index contributed by atoms with van der Waals surface area (Å²) in [7, 11) is 0. The van der Waals surface area contributed by atoms with Crippen LogP contribution in [0, 0.1) is 15.5 Å². The topological polar surface area (TPSA) is 91.5 Å². The number of benzene rings is 1. The van der Waals surface area contributed by atoms with Gasteiger partial charge in [0.1, 0.15) is 18.1 Å². The zero-order valence-electron chi connectivity index (χ0n) is 16.1. The Labute approximate surface area is 164 Å². The molecule has 1 aliphatic rings. The smallest absolute Gasteiger partial charge is 0.440 e. The summed E-state index contributed by atoms with van der Waals surface area (Å²) < 4.78 is 48.2. The number of rotatable bonds is 5. The predicted molar refractivity (Wildman–Crippen MR) is 96.5 cm³/mol. The van der Waals surface area contributed by atoms with Crippen molar-refractivity contribution in [3.8, 4) is 11.8 Å². The number of nitro groups is 1. The first-order valence-corrected chi connectivity index (χ1v) is 8.89. The van der Waals surface area contributed by atoms with E-state index >= 15 is 0 Å². The first kappa shape index (κ1) is 20.9. The Morgan fingerprint density at radius 3 is 2.52 bits per heavy atom. The van der Waals surface area contributed by atoms with Gasteiger partial charge >= 0.3 is 18.2 Å². The zero-order valence-corrected chi connectivity index (χ0v) is 16.1. The van der Waals surface area contributed by atoms with Crippen molar-refractivity contribution >= 4 is 5.82 Å². The first-order chi connectivity index (χ1) is 13.4. The fourth-order valence-corrected chi connectivity index (χ4v) is 3.21. The maximum atomic E-state index is 12.3. The summed E-state index contributed by atoms with van der Waals surface area (Å²) in [6.45, 7) is 6.75. The number of imidazole rings is 1. The molecule has 2 atom stereocenters. The van der Waals surface area contributed by atoms with Crippen molar-refractivity contribution in [1.29, 1.82) is 0 Å². The van der Waals surface area contributed by atoms with E-state index in [0.29, 0.717) is 13.1 Å². The van der Waals surface area contributed by atoms with Crippen molar-refractivity contribution < 1.29 is 27.6 Å². The Morgan fingerprint density at radius 2 is 1.97 bits per heavy atom. The maximum absolute atomic E-state index is 12.3. The molecule has 1 aliphatic heterocycles. The third-order valence-corrected chi connectivity index (χ3v) is 4.48. The highest BCUT2D eigenvalue weighted by molar-refractivity contribution is 5.27. The highest BCUT2D eigenvalue weighted by Crippen LogP contribution is 2.33. The second-order valence-electron chi connectivity index (χ2n) is 7.87. The summed E-state index contributed by atoms with van der Waals surface area (Å²) >= 11 is 0. The number of hydrogen-bond acceptors (Lipinski definition) is 6. The number of halogens is 3. The molecule has 158 valence electrons. The van der Waals surface area contributed by atoms with Crippen LogP contribution in [0.5, 0.6) is 11.8 Å². The Balaban J connectivity index is 1.71. The first-order valence-electron chi connectivity index (χ1n) is 8.89. The van der Waals surface area contributed by atoms with Crippen LogP contribution in [0.3, 0.4) is 0 Å². The Kier molecular flexibility index (Phi) is 5.44. The maximum Gasteiger partial charge on any atom is 0.573 e. The lowest BCUT2D eigenvalue weighted by molar-refractivity contribution is -0.389. The molecule has 1 aromatic carbocycles. The van der Waals surface area contributed by atoms with Gasteiger partial charge in [-0.3, -0.25) is 4.57 Å². The summed E-state index contributed by atoms with van der Waals surface area (Å²) in [5, 5.41) is 14.3. The quantitative estimate of drug-likeness (QED) is 0.593. The molecule has 0 unspecified atom stereocenters. The molecule has 1 N–H and O–H groups in total. The molecule has 0 radical (unpaired) electrons. The number of hydrogen-bond donors (Lipinski definition) is 1. The second-order valence-corrected chi connectivity index (χ2v) is 7.87. The molecule has 0 fully saturated rings. The summed E-state index contributed by atoms with van der Waals surface area (Å²) in [6, 6.07) is 5.58. The van der Waals surface area contributed by atoms with Gasteiger partial charge in [-0.2, -0.15) is 0 Å². The number of nitrogens with zero attached hydrogens (tertiary/aromatic N) is 3. The third kappa shape index (κ3) is 5.17. The van der Waals surface area contributed by atoms with Gasteiger partial charge in [-0.15, -0.1) is 13.2 Å². The fraction of sp³-hybridized carbons (Fsp3) is 0.500. The molecule has 8 nitrogen and oxygen atoms in total. The van der Waals surface area contributed by atoms with E-state index in [0.717, 1.165) is 5.56 Å². The molecular formula is C18H21F3N4O4. The largest absolute Gasteiger partial charge is 0.573 e. The van der Waals surface area contributed by atoms with Crippen LogP contribution in [-0.4, -0.2) is 33.0 Å². The molecule has 0 saturated carbocycles. The van der Waals surface area contributed by atoms with E-state index in [-0.39, 0.29) is 35.1 Å². The number of nitrogens with one attached hydrogen (secondary N) is 1. The molecule has 0 saturated heterocycles. The average Bonchev–Trinajstić information content (AvgIpc) is 3.01. The van der Waals surface area contributed by atoms with Crippen LogP contribution in [0.4, 0.5) is 19.0 Å². The van der Waals surface area contributed by atoms with Crippen LogP contribution in [0.2, 0.25) is 0 Å². The van der Waals surface area contributed by atoms with E-state index in [2.05, 4.69) is 15.0 Å². The molecular weight excluding hydrogens is 393 g/mol. The molecule has 0 aliphatic carbocycles. The molecule has 0 spiro atoms. The van der Waals surface area contributed by atoms with Crippen molar-refractivity contribution in [2.45, 2.75) is 52.4 Å². The Morgan fingerprint density at radius 1 is 1.31 bits per heavy atom. The van der Waals surface area contributed by atoms with Gasteiger partial charge in [-0.05, 0) is 22.6 Å². The van der Waals surface area contributed by atoms with Crippen LogP contribution >= 0.6 is 0 Å². The summed E-state index contributed by atoms with van der Waals surface area (Å²) in [5.41, 5.74) is 0.475. The SMILES string of the molecule is CC(C)(C)[C@@H]1Oc2nc([N+](=O)[O-])cn2C[C@@H]1NCc1ccc(OC(F)(F)F)cc1. The number of ether oxygens (including phenoxy) is 2. The zero-order chi connectivity index (χ0) is 21.4. The van der Waals surface area contributed by atoms with Crippen molar-refractivity contribution in [1.82, 2.24) is 14.9 Å². The van der Waals surface area contributed by atoms with Gasteiger partial charge in [0.25, 0.3) is 0 Å². The Hall–Kier alpha value is -2.82. The lowest BCUT2D eigenvalue weighted by Crippen LogP contribution is -2.54. The molecule has 2 aromatic rings. The van der Waals surface area contributed by atoms with Gasteiger partial charge in [0.05, 0.1) is 6.04 Å². The van der Waals surface area contributed by atoms with Crippen LogP contribution < -0.4 is 14.8 Å². The van der Waals surface area contributed by atoms with Gasteiger partial charge in [0.2, 0.25) is 0 Å². The number of aromatic nitrogens is 2. The third-order valence-electron chi connectivity index (χ3n) is 4.48. The van der Waals surface area contributed by atoms with Crippen molar-refractivity contribution in [3.63, 3.8) is 0 Å². The molecule has 0 bridgehead atoms. The van der Waals surface area contributed by atoms with Gasteiger partial charge in [0.15, 0.2) is 0 Å². The predicted octanol–water partition coefficient (Wildman–Crippen LogP) is 3.66. The summed E-state index contributed by atoms with van der Waals surface area (Å²) in [4.78, 5) is 14.3. The van der Waals surface area contributed by atoms with Gasteiger partial charge < -0.3 is 24.9 Å². The summed E-state index contributed by atoms with van der Waals surface area (Å²) in [6.07, 6.45) is -3.72. The minimum Gasteiger partial charge on any atom is -0.440 e. The van der Waals surface area contributed by atoms with Crippen molar-refractivity contribution in [3.05, 3.63) is 46.1 Å². The molecule has 1 aromatic heterocycles. The Bertz CT molecular complexity index is 875. The normalized spacial score (nSPS) is 19.4. The van der Waals surface area contributed by atoms with Gasteiger partial charge in [-0.1, -0.05) is 32.9 Å². The highest BCUT2D eigenvalue weighted by atomic mass is 19.4. The lowest BCUT2D eigenvalue weighted by Gasteiger charge is -2.39. The van der Waals surface area contributed by atoms with Crippen LogP contribution in [0.25, 0.3) is 0 Å². The monoisotopic (exact) mass is 414 g/mol. The standard InChI is InChI=1S/C18H21F3N4O4/c1-17(2,3)15-13(9-24-10-14(25(26)27)23-16(24)28-15)22-8-11-4-6-12(7-5-11)29-18(19,20)21/h4-7,10,13,15,22H,8-9H2,1-3H3/t13-,15+/m0/s1. The van der Waals surface area contributed by atoms with E-state index in [9.17, 15) is 23.3 Å². The van der Waals surface area contributed by atoms with E-state index in [4.69, 9.17) is 4.74 Å². The minimum absolute atomic E-state index is 0.192. The fourth-order valence-electron chi connectivity index (χ4n) is 3.21. The molecule has 11 heteroatoms. The van der Waals surface area contributed by atoms with E-state index < -0.39 is 11.3 Å². The van der Waals surface area contributed by atoms with Crippen molar-refractivity contribution in [2.24, 2.45) is 5.41 Å². The molecule has 2 heterocycles. The molecule has 29 heavy (non-hydrogen) atoms. The minimum atomic E-state index is -4.73. The molecule has 0 amide bonds. The van der Waals surface area contributed by atoms with E-state index in [1.165, 1.54) is 30.5 Å².